The van der Waals surface area contributed by atoms with Gasteiger partial charge in [-0.1, -0.05) is 4.68 Å². The molecule has 0 aromatic heterocycles. The van der Waals surface area contributed by atoms with Gasteiger partial charge in [0.2, 0.25) is 5.91 Å². The van der Waals surface area contributed by atoms with Crippen LogP contribution in [0.25, 0.3) is 0 Å². The van der Waals surface area contributed by atoms with Crippen molar-refractivity contribution in [1.82, 2.24) is 10.3 Å². The zero-order valence-corrected chi connectivity index (χ0v) is 8.69. The molecule has 0 aliphatic carbocycles. The molecular formula is C10H14N3O2+. The third kappa shape index (κ3) is 0.874. The molecule has 1 N–H and O–H groups in total. The zero-order chi connectivity index (χ0) is 10.6. The van der Waals surface area contributed by atoms with Crippen LogP contribution in [0, 0.1) is 0 Å². The number of ether oxygens (including phenoxy) is 1. The van der Waals surface area contributed by atoms with Crippen molar-refractivity contribution in [2.75, 3.05) is 20.3 Å². The Morgan fingerprint density at radius 2 is 2.53 bits per heavy atom. The van der Waals surface area contributed by atoms with E-state index in [1.54, 1.807) is 0 Å². The Kier molecular flexibility index (Phi) is 1.56. The summed E-state index contributed by atoms with van der Waals surface area (Å²) in [5.74, 6) is 2.94. The van der Waals surface area contributed by atoms with Gasteiger partial charge in [-0.3, -0.25) is 4.79 Å². The van der Waals surface area contributed by atoms with E-state index in [1.807, 2.05) is 11.7 Å². The van der Waals surface area contributed by atoms with Crippen molar-refractivity contribution in [2.45, 2.75) is 24.0 Å². The van der Waals surface area contributed by atoms with Crippen molar-refractivity contribution < 1.29 is 14.2 Å². The lowest BCUT2D eigenvalue weighted by molar-refractivity contribution is -0.701. The Bertz CT molecular complexity index is 388. The molecule has 80 valence electrons. The highest BCUT2D eigenvalue weighted by molar-refractivity contribution is 5.82. The summed E-state index contributed by atoms with van der Waals surface area (Å²) in [4.78, 5) is 11.4. The lowest BCUT2D eigenvalue weighted by Crippen LogP contribution is -2.79. The highest BCUT2D eigenvalue weighted by Crippen LogP contribution is 2.45. The van der Waals surface area contributed by atoms with Crippen molar-refractivity contribution in [3.63, 3.8) is 0 Å². The molecule has 3 fully saturated rings. The zero-order valence-electron chi connectivity index (χ0n) is 8.69. The smallest absolute Gasteiger partial charge is 0.223 e. The van der Waals surface area contributed by atoms with E-state index in [4.69, 9.17) is 4.74 Å². The van der Waals surface area contributed by atoms with Crippen molar-refractivity contribution in [1.29, 1.82) is 0 Å². The second-order valence-corrected chi connectivity index (χ2v) is 4.40. The third-order valence-corrected chi connectivity index (χ3v) is 3.77. The first-order chi connectivity index (χ1) is 7.19. The fraction of sp³-hybridized carbons (Fsp3) is 0.700. The monoisotopic (exact) mass is 208 g/mol. The first-order valence-electron chi connectivity index (χ1n) is 5.12. The van der Waals surface area contributed by atoms with E-state index in [2.05, 4.69) is 22.8 Å². The molecule has 1 amide bonds. The van der Waals surface area contributed by atoms with Crippen LogP contribution < -0.4 is 5.32 Å². The van der Waals surface area contributed by atoms with Crippen LogP contribution in [-0.4, -0.2) is 59.4 Å². The third-order valence-electron chi connectivity index (χ3n) is 3.77. The molecule has 3 heterocycles. The van der Waals surface area contributed by atoms with Crippen LogP contribution in [-0.2, 0) is 9.53 Å². The van der Waals surface area contributed by atoms with Crippen molar-refractivity contribution >= 4 is 11.8 Å². The van der Waals surface area contributed by atoms with Crippen LogP contribution >= 0.6 is 0 Å². The normalized spacial score (nSPS) is 41.4. The number of carbonyl (C=O) groups is 1. The molecule has 0 bridgehead atoms. The maximum atomic E-state index is 11.4. The summed E-state index contributed by atoms with van der Waals surface area (Å²) in [6.45, 7) is 4.93. The molecule has 3 aliphatic rings. The topological polar surface area (TPSA) is 44.6 Å². The molecule has 0 aromatic carbocycles. The summed E-state index contributed by atoms with van der Waals surface area (Å²) in [5.41, 5.74) is -0.137. The van der Waals surface area contributed by atoms with Crippen LogP contribution in [0.1, 0.15) is 6.42 Å². The number of hydrazone groups is 1. The van der Waals surface area contributed by atoms with Gasteiger partial charge in [0.1, 0.15) is 17.6 Å². The van der Waals surface area contributed by atoms with E-state index >= 15 is 0 Å². The van der Waals surface area contributed by atoms with Gasteiger partial charge in [0, 0.05) is 6.58 Å². The van der Waals surface area contributed by atoms with E-state index in [0.29, 0.717) is 19.6 Å². The largest absolute Gasteiger partial charge is 0.376 e. The SMILES string of the molecule is C=C=[N+](C)N1C2COCC23NC(=O)CC13. The van der Waals surface area contributed by atoms with E-state index < -0.39 is 0 Å². The number of amides is 1. The van der Waals surface area contributed by atoms with E-state index in [9.17, 15) is 4.79 Å². The predicted octanol–water partition coefficient (Wildman–Crippen LogP) is -1.26. The number of nitrogens with one attached hydrogen (secondary N) is 1. The maximum Gasteiger partial charge on any atom is 0.223 e. The van der Waals surface area contributed by atoms with E-state index in [0.717, 1.165) is 0 Å². The standard InChI is InChI=1S/C10H13N3O2/c1-3-12(2)13-7-4-9(14)11-10(7)6-15-5-8(10)13/h7-8H,1,4-6H2,2H3/p+1. The van der Waals surface area contributed by atoms with Gasteiger partial charge in [-0.15, -0.1) is 0 Å². The Balaban J connectivity index is 1.97. The van der Waals surface area contributed by atoms with Crippen molar-refractivity contribution in [3.8, 4) is 0 Å². The van der Waals surface area contributed by atoms with E-state index in [-0.39, 0.29) is 23.5 Å². The van der Waals surface area contributed by atoms with Crippen LogP contribution in [0.3, 0.4) is 0 Å². The average Bonchev–Trinajstić information content (AvgIpc) is 2.69. The molecule has 5 heteroatoms. The highest BCUT2D eigenvalue weighted by atomic mass is 16.5. The molecule has 0 radical (unpaired) electrons. The molecule has 3 aliphatic heterocycles. The molecule has 5 nitrogen and oxygen atoms in total. The van der Waals surface area contributed by atoms with Gasteiger partial charge in [-0.25, -0.2) is 0 Å². The quantitative estimate of drug-likeness (QED) is 0.432. The number of rotatable bonds is 1. The molecule has 15 heavy (non-hydrogen) atoms. The summed E-state index contributed by atoms with van der Waals surface area (Å²) >= 11 is 0. The Morgan fingerprint density at radius 3 is 3.27 bits per heavy atom. The van der Waals surface area contributed by atoms with Crippen LogP contribution in [0.4, 0.5) is 0 Å². The minimum Gasteiger partial charge on any atom is -0.376 e. The molecule has 0 saturated carbocycles. The molecule has 3 saturated heterocycles. The second kappa shape index (κ2) is 2.62. The molecule has 3 unspecified atom stereocenters. The fourth-order valence-corrected chi connectivity index (χ4v) is 3.05. The van der Waals surface area contributed by atoms with Gasteiger partial charge in [0.25, 0.3) is 0 Å². The minimum atomic E-state index is -0.137. The molecule has 3 atom stereocenters. The number of hydrogen-bond donors (Lipinski definition) is 1. The molecule has 0 aromatic rings. The van der Waals surface area contributed by atoms with Gasteiger partial charge in [0.05, 0.1) is 19.6 Å². The highest BCUT2D eigenvalue weighted by Gasteiger charge is 2.72. The fourth-order valence-electron chi connectivity index (χ4n) is 3.05. The number of hydrogen-bond acceptors (Lipinski definition) is 3. The van der Waals surface area contributed by atoms with Crippen molar-refractivity contribution in [3.05, 3.63) is 6.58 Å². The van der Waals surface area contributed by atoms with Gasteiger partial charge in [-0.2, -0.15) is 5.01 Å². The van der Waals surface area contributed by atoms with Crippen molar-refractivity contribution in [2.24, 2.45) is 0 Å². The lowest BCUT2D eigenvalue weighted by Gasteiger charge is -2.50. The van der Waals surface area contributed by atoms with Gasteiger partial charge in [0.15, 0.2) is 12.9 Å². The summed E-state index contributed by atoms with van der Waals surface area (Å²) in [7, 11) is 1.90. The van der Waals surface area contributed by atoms with Gasteiger partial charge < -0.3 is 10.1 Å². The first-order valence-corrected chi connectivity index (χ1v) is 5.12. The molecular weight excluding hydrogens is 194 g/mol. The lowest BCUT2D eigenvalue weighted by atomic mass is 9.77. The summed E-state index contributed by atoms with van der Waals surface area (Å²) in [5, 5.41) is 5.19. The molecule has 1 spiro atoms. The first kappa shape index (κ1) is 8.95. The van der Waals surface area contributed by atoms with E-state index in [1.165, 1.54) is 0 Å². The average molecular weight is 208 g/mol. The summed E-state index contributed by atoms with van der Waals surface area (Å²) in [6, 6.07) is 0.449. The Hall–Kier alpha value is -1.32. The Labute approximate surface area is 88.0 Å². The van der Waals surface area contributed by atoms with Crippen LogP contribution in [0.15, 0.2) is 6.58 Å². The van der Waals surface area contributed by atoms with Gasteiger partial charge >= 0.3 is 0 Å². The minimum absolute atomic E-state index is 0.121. The summed E-state index contributed by atoms with van der Waals surface area (Å²) < 4.78 is 7.31. The van der Waals surface area contributed by atoms with Crippen LogP contribution in [0.2, 0.25) is 0 Å². The Morgan fingerprint density at radius 1 is 1.73 bits per heavy atom. The number of nitrogens with zero attached hydrogens (tertiary/aromatic N) is 2. The second-order valence-electron chi connectivity index (χ2n) is 4.40. The predicted molar refractivity (Wildman–Crippen MR) is 52.5 cm³/mol. The molecule has 3 rings (SSSR count). The maximum absolute atomic E-state index is 11.4. The summed E-state index contributed by atoms with van der Waals surface area (Å²) in [6.07, 6.45) is 0.548. The number of carbonyl (C=O) groups excluding carboxylic acids is 1. The number of hydrazine groups is 1. The van der Waals surface area contributed by atoms with Crippen LogP contribution in [0.5, 0.6) is 0 Å². The van der Waals surface area contributed by atoms with Gasteiger partial charge in [-0.05, 0) is 0 Å².